The monoisotopic (exact) mass is 556 g/mol. The molecule has 4 aromatic rings. The zero-order valence-electron chi connectivity index (χ0n) is 22.7. The molecule has 0 radical (unpaired) electrons. The van der Waals surface area contributed by atoms with Gasteiger partial charge >= 0.3 is 11.7 Å². The predicted molar refractivity (Wildman–Crippen MR) is 145 cm³/mol. The number of Topliss-reactive ketones (excluding diaryl/α,β-unsaturated/α-hetero) is 1. The molecule has 0 N–H and O–H groups in total. The van der Waals surface area contributed by atoms with E-state index >= 15 is 0 Å². The molecule has 0 atom stereocenters. The van der Waals surface area contributed by atoms with Gasteiger partial charge in [0.2, 0.25) is 0 Å². The van der Waals surface area contributed by atoms with Crippen LogP contribution in [0, 0.1) is 12.7 Å². The number of thiophene rings is 1. The van der Waals surface area contributed by atoms with E-state index in [1.54, 1.807) is 50.8 Å². The van der Waals surface area contributed by atoms with Gasteiger partial charge in [0.15, 0.2) is 5.78 Å². The molecule has 10 nitrogen and oxygen atoms in total. The number of nitrogens with zero attached hydrogens (tertiary/aromatic N) is 4. The molecule has 206 valence electrons. The molecule has 0 unspecified atom stereocenters. The number of carbonyl (C=O) groups is 2. The minimum Gasteiger partial charge on any atom is -0.496 e. The Labute approximate surface area is 227 Å². The van der Waals surface area contributed by atoms with Gasteiger partial charge in [0, 0.05) is 18.0 Å². The topological polar surface area (TPSA) is 114 Å². The van der Waals surface area contributed by atoms with Crippen molar-refractivity contribution >= 4 is 33.3 Å². The van der Waals surface area contributed by atoms with Crippen LogP contribution in [0.4, 0.5) is 4.39 Å². The first kappa shape index (κ1) is 28.0. The Morgan fingerprint density at radius 3 is 2.41 bits per heavy atom. The molecule has 1 aromatic carbocycles. The maximum absolute atomic E-state index is 14.0. The lowest BCUT2D eigenvalue weighted by atomic mass is 10.0. The van der Waals surface area contributed by atoms with E-state index in [2.05, 4.69) is 5.10 Å². The number of rotatable bonds is 7. The lowest BCUT2D eigenvalue weighted by molar-refractivity contribution is -0.164. The van der Waals surface area contributed by atoms with E-state index in [1.165, 1.54) is 27.0 Å². The smallest absolute Gasteiger partial charge is 0.333 e. The summed E-state index contributed by atoms with van der Waals surface area (Å²) in [6.07, 6.45) is 3.26. The molecule has 0 saturated carbocycles. The van der Waals surface area contributed by atoms with Gasteiger partial charge in [-0.15, -0.1) is 0 Å². The fourth-order valence-corrected chi connectivity index (χ4v) is 5.43. The zero-order valence-corrected chi connectivity index (χ0v) is 23.5. The van der Waals surface area contributed by atoms with E-state index in [-0.39, 0.29) is 21.5 Å². The molecule has 12 heteroatoms. The van der Waals surface area contributed by atoms with Crippen LogP contribution in [0.25, 0.3) is 15.2 Å². The molecule has 0 saturated heterocycles. The van der Waals surface area contributed by atoms with Gasteiger partial charge in [-0.2, -0.15) is 5.10 Å². The third-order valence-electron chi connectivity index (χ3n) is 6.12. The van der Waals surface area contributed by atoms with Gasteiger partial charge in [0.1, 0.15) is 32.5 Å². The molecule has 0 fully saturated rings. The molecule has 0 bridgehead atoms. The fourth-order valence-electron chi connectivity index (χ4n) is 4.20. The number of benzene rings is 1. The van der Waals surface area contributed by atoms with Crippen molar-refractivity contribution in [3.05, 3.63) is 74.4 Å². The van der Waals surface area contributed by atoms with E-state index < -0.39 is 46.5 Å². The highest BCUT2D eigenvalue weighted by molar-refractivity contribution is 7.21. The average molecular weight is 557 g/mol. The predicted octanol–water partition coefficient (Wildman–Crippen LogP) is 3.83. The molecule has 0 amide bonds. The zero-order chi connectivity index (χ0) is 28.9. The number of hydrogen-bond donors (Lipinski definition) is 0. The standard InChI is InChI=1S/C27H29FN4O6S/c1-15-20-21(34)32(27(5,6)24(35)38-26(2,3)4)25(36)30(23(20)39-22(15)31-12-8-11-29-31)14-18(33)17-13-16(28)9-10-19(17)37-7/h8-13H,14H2,1-7H3. The van der Waals surface area contributed by atoms with Crippen molar-refractivity contribution in [3.8, 4) is 10.8 Å². The first-order valence-corrected chi connectivity index (χ1v) is 12.9. The van der Waals surface area contributed by atoms with Crippen LogP contribution in [0.3, 0.4) is 0 Å². The van der Waals surface area contributed by atoms with Crippen LogP contribution in [0.15, 0.2) is 46.2 Å². The maximum atomic E-state index is 14.0. The van der Waals surface area contributed by atoms with Crippen LogP contribution >= 0.6 is 11.3 Å². The average Bonchev–Trinajstić information content (AvgIpc) is 3.48. The van der Waals surface area contributed by atoms with E-state index in [4.69, 9.17) is 9.47 Å². The SMILES string of the molecule is COc1ccc(F)cc1C(=O)Cn1c(=O)n(C(C)(C)C(=O)OC(C)(C)C)c(=O)c2c(C)c(-n3cccn3)sc21. The summed E-state index contributed by atoms with van der Waals surface area (Å²) in [7, 11) is 1.34. The molecular formula is C27H29FN4O6S. The van der Waals surface area contributed by atoms with E-state index in [9.17, 15) is 23.6 Å². The Hall–Kier alpha value is -4.06. The van der Waals surface area contributed by atoms with Crippen molar-refractivity contribution in [2.75, 3.05) is 7.11 Å². The van der Waals surface area contributed by atoms with Crippen molar-refractivity contribution in [2.24, 2.45) is 0 Å². The van der Waals surface area contributed by atoms with Crippen molar-refractivity contribution in [1.29, 1.82) is 0 Å². The van der Waals surface area contributed by atoms with Crippen LogP contribution in [-0.2, 0) is 21.6 Å². The van der Waals surface area contributed by atoms with Crippen LogP contribution < -0.4 is 16.0 Å². The minimum atomic E-state index is -1.72. The van der Waals surface area contributed by atoms with Crippen molar-refractivity contribution in [2.45, 2.75) is 59.2 Å². The molecule has 3 heterocycles. The van der Waals surface area contributed by atoms with Gasteiger partial charge in [-0.05, 0) is 65.8 Å². The summed E-state index contributed by atoms with van der Waals surface area (Å²) in [6.45, 7) is 9.01. The van der Waals surface area contributed by atoms with Crippen LogP contribution in [0.1, 0.15) is 50.5 Å². The second-order valence-corrected chi connectivity index (χ2v) is 11.5. The lowest BCUT2D eigenvalue weighted by Gasteiger charge is -2.30. The fraction of sp³-hybridized carbons (Fsp3) is 0.370. The molecule has 39 heavy (non-hydrogen) atoms. The highest BCUT2D eigenvalue weighted by Crippen LogP contribution is 2.32. The Bertz CT molecular complexity index is 1710. The summed E-state index contributed by atoms with van der Waals surface area (Å²) >= 11 is 1.10. The van der Waals surface area contributed by atoms with Gasteiger partial charge in [0.05, 0.1) is 24.6 Å². The van der Waals surface area contributed by atoms with Crippen LogP contribution in [-0.4, -0.2) is 43.4 Å². The molecule has 3 aromatic heterocycles. The Morgan fingerprint density at radius 2 is 1.82 bits per heavy atom. The maximum Gasteiger partial charge on any atom is 0.333 e. The lowest BCUT2D eigenvalue weighted by Crippen LogP contribution is -2.54. The third kappa shape index (κ3) is 5.03. The number of carbonyl (C=O) groups excluding carboxylic acids is 2. The molecule has 4 rings (SSSR count). The molecular weight excluding hydrogens is 527 g/mol. The quantitative estimate of drug-likeness (QED) is 0.251. The van der Waals surface area contributed by atoms with Gasteiger partial charge in [-0.25, -0.2) is 23.2 Å². The Morgan fingerprint density at radius 1 is 1.13 bits per heavy atom. The van der Waals surface area contributed by atoms with Gasteiger partial charge in [-0.1, -0.05) is 11.3 Å². The van der Waals surface area contributed by atoms with Crippen molar-refractivity contribution in [1.82, 2.24) is 18.9 Å². The molecule has 0 spiro atoms. The highest BCUT2D eigenvalue weighted by Gasteiger charge is 2.39. The van der Waals surface area contributed by atoms with Crippen LogP contribution in [0.5, 0.6) is 5.75 Å². The third-order valence-corrected chi connectivity index (χ3v) is 7.43. The molecule has 0 aliphatic carbocycles. The second-order valence-electron chi connectivity index (χ2n) is 10.5. The number of halogens is 1. The van der Waals surface area contributed by atoms with Crippen LogP contribution in [0.2, 0.25) is 0 Å². The van der Waals surface area contributed by atoms with Gasteiger partial charge in [0.25, 0.3) is 5.56 Å². The summed E-state index contributed by atoms with van der Waals surface area (Å²) in [5.74, 6) is -1.94. The number of fused-ring (bicyclic) bond motifs is 1. The highest BCUT2D eigenvalue weighted by atomic mass is 32.1. The number of esters is 1. The summed E-state index contributed by atoms with van der Waals surface area (Å²) in [6, 6.07) is 5.21. The van der Waals surface area contributed by atoms with Gasteiger partial charge < -0.3 is 9.47 Å². The number of methoxy groups -OCH3 is 1. The second kappa shape index (κ2) is 9.92. The summed E-state index contributed by atoms with van der Waals surface area (Å²) in [4.78, 5) is 54.7. The number of aryl methyl sites for hydroxylation is 1. The Kier molecular flexibility index (Phi) is 7.11. The number of aromatic nitrogens is 4. The summed E-state index contributed by atoms with van der Waals surface area (Å²) < 4.78 is 28.3. The first-order valence-electron chi connectivity index (χ1n) is 12.1. The minimum absolute atomic E-state index is 0.0673. The number of ketones is 1. The first-order chi connectivity index (χ1) is 18.2. The molecule has 0 aliphatic rings. The van der Waals surface area contributed by atoms with E-state index in [0.717, 1.165) is 32.6 Å². The summed E-state index contributed by atoms with van der Waals surface area (Å²) in [5.41, 5.74) is -3.75. The largest absolute Gasteiger partial charge is 0.496 e. The summed E-state index contributed by atoms with van der Waals surface area (Å²) in [5, 5.41) is 4.95. The normalized spacial score (nSPS) is 12.1. The van der Waals surface area contributed by atoms with Gasteiger partial charge in [-0.3, -0.25) is 14.2 Å². The van der Waals surface area contributed by atoms with E-state index in [0.29, 0.717) is 10.6 Å². The Balaban J connectivity index is 2.01. The van der Waals surface area contributed by atoms with E-state index in [1.807, 2.05) is 0 Å². The van der Waals surface area contributed by atoms with Crippen molar-refractivity contribution in [3.63, 3.8) is 0 Å². The number of hydrogen-bond acceptors (Lipinski definition) is 8. The molecule has 0 aliphatic heterocycles. The number of ether oxygens (including phenoxy) is 2. The van der Waals surface area contributed by atoms with Crippen molar-refractivity contribution < 1.29 is 23.5 Å².